The van der Waals surface area contributed by atoms with Crippen molar-refractivity contribution in [3.8, 4) is 0 Å². The third kappa shape index (κ3) is 4.14. The van der Waals surface area contributed by atoms with Crippen LogP contribution < -0.4 is 5.32 Å². The van der Waals surface area contributed by atoms with E-state index < -0.39 is 9.84 Å². The summed E-state index contributed by atoms with van der Waals surface area (Å²) in [6.07, 6.45) is 5.46. The minimum atomic E-state index is -3.19. The third-order valence-electron chi connectivity index (χ3n) is 3.61. The van der Waals surface area contributed by atoms with Gasteiger partial charge >= 0.3 is 0 Å². The van der Waals surface area contributed by atoms with Crippen LogP contribution in [-0.2, 0) is 9.84 Å². The molecule has 1 rings (SSSR count). The van der Waals surface area contributed by atoms with Crippen molar-refractivity contribution in [1.29, 1.82) is 0 Å². The Balaban J connectivity index is 2.96. The van der Waals surface area contributed by atoms with Gasteiger partial charge in [0.1, 0.15) is 0 Å². The zero-order valence-corrected chi connectivity index (χ0v) is 13.7. The number of para-hydroxylation sites is 1. The molecule has 3 nitrogen and oxygen atoms in total. The molecule has 0 amide bonds. The van der Waals surface area contributed by atoms with Crippen molar-refractivity contribution in [2.24, 2.45) is 0 Å². The summed E-state index contributed by atoms with van der Waals surface area (Å²) < 4.78 is 23.6. The van der Waals surface area contributed by atoms with Gasteiger partial charge in [0.25, 0.3) is 0 Å². The molecular weight excluding hydrogens is 278 g/mol. The first-order valence-electron chi connectivity index (χ1n) is 6.46. The smallest absolute Gasteiger partial charge is 0.177 e. The molecule has 1 N–H and O–H groups in total. The van der Waals surface area contributed by atoms with E-state index in [2.05, 4.69) is 25.4 Å². The number of hydrogen-bond acceptors (Lipinski definition) is 4. The monoisotopic (exact) mass is 301 g/mol. The van der Waals surface area contributed by atoms with E-state index in [1.165, 1.54) is 6.26 Å². The van der Waals surface area contributed by atoms with E-state index in [1.54, 1.807) is 12.1 Å². The predicted molar refractivity (Wildman–Crippen MR) is 84.9 cm³/mol. The molecule has 0 saturated carbocycles. The number of rotatable bonds is 7. The summed E-state index contributed by atoms with van der Waals surface area (Å²) in [5, 5.41) is 3.31. The van der Waals surface area contributed by atoms with Crippen molar-refractivity contribution in [2.45, 2.75) is 36.3 Å². The molecule has 0 heterocycles. The fraction of sp³-hybridized carbons (Fsp3) is 0.571. The maximum atomic E-state index is 11.7. The Morgan fingerprint density at radius 3 is 2.26 bits per heavy atom. The molecule has 0 saturated heterocycles. The fourth-order valence-electron chi connectivity index (χ4n) is 2.05. The van der Waals surface area contributed by atoms with Crippen LogP contribution in [0.4, 0.5) is 5.69 Å². The summed E-state index contributed by atoms with van der Waals surface area (Å²) in [7, 11) is -3.19. The molecule has 0 aliphatic rings. The Kier molecular flexibility index (Phi) is 5.74. The standard InChI is InChI=1S/C14H23NO2S2/c1-5-14(6-2,18-3)11-15-12-9-7-8-10-13(12)19(4,16)17/h7-10,15H,5-6,11H2,1-4H3. The highest BCUT2D eigenvalue weighted by molar-refractivity contribution is 8.00. The lowest BCUT2D eigenvalue weighted by molar-refractivity contribution is 0.573. The van der Waals surface area contributed by atoms with Crippen LogP contribution in [0, 0.1) is 0 Å². The highest BCUT2D eigenvalue weighted by Crippen LogP contribution is 2.31. The van der Waals surface area contributed by atoms with Crippen LogP contribution in [-0.4, -0.2) is 32.2 Å². The number of benzene rings is 1. The normalized spacial score (nSPS) is 12.4. The average Bonchev–Trinajstić information content (AvgIpc) is 2.40. The van der Waals surface area contributed by atoms with Crippen LogP contribution in [0.3, 0.4) is 0 Å². The Morgan fingerprint density at radius 1 is 1.21 bits per heavy atom. The summed E-state index contributed by atoms with van der Waals surface area (Å²) in [5.41, 5.74) is 0.699. The van der Waals surface area contributed by atoms with Crippen LogP contribution >= 0.6 is 11.8 Å². The van der Waals surface area contributed by atoms with E-state index in [-0.39, 0.29) is 4.75 Å². The van der Waals surface area contributed by atoms with E-state index >= 15 is 0 Å². The van der Waals surface area contributed by atoms with E-state index in [4.69, 9.17) is 0 Å². The molecule has 0 atom stereocenters. The van der Waals surface area contributed by atoms with Crippen molar-refractivity contribution in [1.82, 2.24) is 0 Å². The lowest BCUT2D eigenvalue weighted by Gasteiger charge is -2.30. The number of anilines is 1. The highest BCUT2D eigenvalue weighted by atomic mass is 32.2. The molecular formula is C14H23NO2S2. The van der Waals surface area contributed by atoms with Crippen LogP contribution in [0.25, 0.3) is 0 Å². The summed E-state index contributed by atoms with van der Waals surface area (Å²) in [5.74, 6) is 0. The van der Waals surface area contributed by atoms with Gasteiger partial charge in [-0.25, -0.2) is 8.42 Å². The maximum Gasteiger partial charge on any atom is 0.177 e. The van der Waals surface area contributed by atoms with Gasteiger partial charge in [0.05, 0.1) is 10.6 Å². The minimum Gasteiger partial charge on any atom is -0.383 e. The Bertz CT molecular complexity index is 500. The fourth-order valence-corrected chi connectivity index (χ4v) is 3.71. The van der Waals surface area contributed by atoms with E-state index in [0.717, 1.165) is 19.4 Å². The second-order valence-electron chi connectivity index (χ2n) is 4.72. The second-order valence-corrected chi connectivity index (χ2v) is 7.97. The number of nitrogens with one attached hydrogen (secondary N) is 1. The molecule has 0 unspecified atom stereocenters. The summed E-state index contributed by atoms with van der Waals surface area (Å²) in [6, 6.07) is 7.09. The van der Waals surface area contributed by atoms with Gasteiger partial charge in [-0.2, -0.15) is 11.8 Å². The zero-order valence-electron chi connectivity index (χ0n) is 12.1. The van der Waals surface area contributed by atoms with E-state index in [0.29, 0.717) is 10.6 Å². The van der Waals surface area contributed by atoms with Crippen molar-refractivity contribution in [3.63, 3.8) is 0 Å². The first-order valence-corrected chi connectivity index (χ1v) is 9.58. The van der Waals surface area contributed by atoms with Gasteiger partial charge < -0.3 is 5.32 Å². The molecule has 0 bridgehead atoms. The van der Waals surface area contributed by atoms with Crippen LogP contribution in [0.5, 0.6) is 0 Å². The van der Waals surface area contributed by atoms with Gasteiger partial charge in [0.2, 0.25) is 0 Å². The largest absolute Gasteiger partial charge is 0.383 e. The molecule has 0 aromatic heterocycles. The SMILES string of the molecule is CCC(CC)(CNc1ccccc1S(C)(=O)=O)SC. The molecule has 19 heavy (non-hydrogen) atoms. The summed E-state index contributed by atoms with van der Waals surface area (Å²) in [6.45, 7) is 5.11. The predicted octanol–water partition coefficient (Wildman–Crippen LogP) is 3.42. The van der Waals surface area contributed by atoms with Gasteiger partial charge in [-0.15, -0.1) is 0 Å². The first-order chi connectivity index (χ1) is 8.88. The molecule has 0 spiro atoms. The molecule has 0 fully saturated rings. The molecule has 1 aromatic rings. The average molecular weight is 301 g/mol. The molecule has 108 valence electrons. The highest BCUT2D eigenvalue weighted by Gasteiger charge is 2.25. The molecule has 1 aromatic carbocycles. The third-order valence-corrected chi connectivity index (χ3v) is 6.35. The lowest BCUT2D eigenvalue weighted by Crippen LogP contribution is -2.32. The van der Waals surface area contributed by atoms with Crippen molar-refractivity contribution >= 4 is 27.3 Å². The van der Waals surface area contributed by atoms with Gasteiger partial charge in [0, 0.05) is 17.5 Å². The van der Waals surface area contributed by atoms with Crippen LogP contribution in [0.1, 0.15) is 26.7 Å². The van der Waals surface area contributed by atoms with Gasteiger partial charge in [-0.3, -0.25) is 0 Å². The van der Waals surface area contributed by atoms with E-state index in [9.17, 15) is 8.42 Å². The van der Waals surface area contributed by atoms with E-state index in [1.807, 2.05) is 23.9 Å². The van der Waals surface area contributed by atoms with Crippen molar-refractivity contribution in [2.75, 3.05) is 24.4 Å². The number of hydrogen-bond donors (Lipinski definition) is 1. The molecule has 0 aliphatic heterocycles. The Labute approximate surface area is 121 Å². The number of sulfone groups is 1. The quantitative estimate of drug-likeness (QED) is 0.838. The number of thioether (sulfide) groups is 1. The van der Waals surface area contributed by atoms with Crippen molar-refractivity contribution in [3.05, 3.63) is 24.3 Å². The Hall–Kier alpha value is -0.680. The lowest BCUT2D eigenvalue weighted by atomic mass is 10.0. The van der Waals surface area contributed by atoms with Crippen molar-refractivity contribution < 1.29 is 8.42 Å². The minimum absolute atomic E-state index is 0.157. The first kappa shape index (κ1) is 16.4. The molecule has 0 radical (unpaired) electrons. The van der Waals surface area contributed by atoms with Crippen LogP contribution in [0.15, 0.2) is 29.2 Å². The Morgan fingerprint density at radius 2 is 1.79 bits per heavy atom. The second kappa shape index (κ2) is 6.66. The molecule has 0 aliphatic carbocycles. The molecule has 5 heteroatoms. The van der Waals surface area contributed by atoms with Gasteiger partial charge in [-0.05, 0) is 31.2 Å². The summed E-state index contributed by atoms with van der Waals surface area (Å²) >= 11 is 1.84. The zero-order chi connectivity index (χ0) is 14.5. The van der Waals surface area contributed by atoms with Gasteiger partial charge in [0.15, 0.2) is 9.84 Å². The van der Waals surface area contributed by atoms with Crippen LogP contribution in [0.2, 0.25) is 0 Å². The maximum absolute atomic E-state index is 11.7. The van der Waals surface area contributed by atoms with Gasteiger partial charge in [-0.1, -0.05) is 26.0 Å². The topological polar surface area (TPSA) is 46.2 Å². The summed E-state index contributed by atoms with van der Waals surface area (Å²) in [4.78, 5) is 0.372.